The van der Waals surface area contributed by atoms with Crippen LogP contribution in [0.1, 0.15) is 36.0 Å². The number of primary amides is 1. The van der Waals surface area contributed by atoms with Crippen LogP contribution in [0.3, 0.4) is 0 Å². The number of anilines is 1. The zero-order valence-electron chi connectivity index (χ0n) is 16.7. The number of imide groups is 1. The van der Waals surface area contributed by atoms with Crippen molar-refractivity contribution < 1.29 is 19.1 Å². The number of rotatable bonds is 5. The summed E-state index contributed by atoms with van der Waals surface area (Å²) >= 11 is 6.03. The minimum absolute atomic E-state index is 0.0317. The molecule has 1 spiro atoms. The average molecular weight is 441 g/mol. The third kappa shape index (κ3) is 3.40. The van der Waals surface area contributed by atoms with Gasteiger partial charge in [-0.25, -0.2) is 9.78 Å². The molecule has 1 aromatic heterocycles. The Hall–Kier alpha value is -3.13. The number of ether oxygens (including phenoxy) is 1. The summed E-state index contributed by atoms with van der Waals surface area (Å²) in [4.78, 5) is 44.0. The normalized spacial score (nSPS) is 27.3. The van der Waals surface area contributed by atoms with Gasteiger partial charge in [-0.1, -0.05) is 17.7 Å². The van der Waals surface area contributed by atoms with Crippen LogP contribution in [0.25, 0.3) is 0 Å². The molecule has 2 aliphatic carbocycles. The van der Waals surface area contributed by atoms with Crippen LogP contribution in [-0.4, -0.2) is 46.4 Å². The number of carbonyl (C=O) groups excluding carboxylic acids is 3. The molecule has 1 aromatic carbocycles. The Labute approximate surface area is 183 Å². The van der Waals surface area contributed by atoms with Crippen molar-refractivity contribution in [2.45, 2.75) is 37.8 Å². The summed E-state index contributed by atoms with van der Waals surface area (Å²) in [5, 5.41) is 0.520. The number of halogens is 1. The standard InChI is InChI=1S/C22H21ClN4O4/c23-13-3-1-4-14(7-13)26-12-18(28)27(21(26)30)15-8-22(9-15)10-16(11-22)31-20-17(19(24)29)5-2-6-25-20/h1-7,15-16H,8-12H2,(H2,24,29). The first-order valence-corrected chi connectivity index (χ1v) is 10.5. The molecule has 31 heavy (non-hydrogen) atoms. The first-order valence-electron chi connectivity index (χ1n) is 10.2. The second kappa shape index (κ2) is 7.23. The minimum Gasteiger partial charge on any atom is -0.474 e. The van der Waals surface area contributed by atoms with Crippen LogP contribution in [-0.2, 0) is 4.79 Å². The van der Waals surface area contributed by atoms with Gasteiger partial charge < -0.3 is 10.5 Å². The lowest BCUT2D eigenvalue weighted by molar-refractivity contribution is -0.138. The molecule has 2 N–H and O–H groups in total. The van der Waals surface area contributed by atoms with E-state index in [1.165, 1.54) is 9.80 Å². The maximum Gasteiger partial charge on any atom is 0.331 e. The average Bonchev–Trinajstić information content (AvgIpc) is 2.97. The van der Waals surface area contributed by atoms with Crippen LogP contribution in [0.5, 0.6) is 5.88 Å². The molecule has 0 atom stereocenters. The predicted molar refractivity (Wildman–Crippen MR) is 113 cm³/mol. The maximum atomic E-state index is 12.9. The molecule has 2 aromatic rings. The lowest BCUT2D eigenvalue weighted by Crippen LogP contribution is -2.60. The van der Waals surface area contributed by atoms with Crippen molar-refractivity contribution in [3.8, 4) is 5.88 Å². The Morgan fingerprint density at radius 3 is 2.65 bits per heavy atom. The third-order valence-electron chi connectivity index (χ3n) is 6.46. The van der Waals surface area contributed by atoms with Crippen LogP contribution < -0.4 is 15.4 Å². The molecular formula is C22H21ClN4O4. The fourth-order valence-electron chi connectivity index (χ4n) is 5.00. The van der Waals surface area contributed by atoms with Crippen LogP contribution >= 0.6 is 11.6 Å². The van der Waals surface area contributed by atoms with Gasteiger partial charge in [0.2, 0.25) is 5.88 Å². The van der Waals surface area contributed by atoms with Crippen molar-refractivity contribution in [3.05, 3.63) is 53.2 Å². The highest BCUT2D eigenvalue weighted by molar-refractivity contribution is 6.31. The van der Waals surface area contributed by atoms with E-state index >= 15 is 0 Å². The summed E-state index contributed by atoms with van der Waals surface area (Å²) in [5.74, 6) is -0.500. The van der Waals surface area contributed by atoms with Crippen LogP contribution in [0.2, 0.25) is 5.02 Å². The van der Waals surface area contributed by atoms with E-state index in [4.69, 9.17) is 22.1 Å². The summed E-state index contributed by atoms with van der Waals surface area (Å²) in [5.41, 5.74) is 6.34. The number of pyridine rings is 1. The number of carbonyl (C=O) groups is 3. The van der Waals surface area contributed by atoms with Gasteiger partial charge in [-0.15, -0.1) is 0 Å². The van der Waals surface area contributed by atoms with Gasteiger partial charge in [0.25, 0.3) is 11.8 Å². The summed E-state index contributed by atoms with van der Waals surface area (Å²) in [7, 11) is 0. The third-order valence-corrected chi connectivity index (χ3v) is 6.69. The monoisotopic (exact) mass is 440 g/mol. The van der Waals surface area contributed by atoms with E-state index in [-0.39, 0.29) is 47.5 Å². The van der Waals surface area contributed by atoms with Crippen molar-refractivity contribution in [1.82, 2.24) is 9.88 Å². The number of aromatic nitrogens is 1. The van der Waals surface area contributed by atoms with Gasteiger partial charge in [-0.05, 0) is 61.4 Å². The van der Waals surface area contributed by atoms with Gasteiger partial charge in [-0.2, -0.15) is 0 Å². The molecule has 2 saturated carbocycles. The lowest BCUT2D eigenvalue weighted by Gasteiger charge is -2.58. The Morgan fingerprint density at radius 1 is 1.16 bits per heavy atom. The van der Waals surface area contributed by atoms with E-state index in [0.717, 1.165) is 25.7 Å². The van der Waals surface area contributed by atoms with Crippen LogP contribution in [0.15, 0.2) is 42.6 Å². The van der Waals surface area contributed by atoms with E-state index in [0.29, 0.717) is 10.7 Å². The lowest BCUT2D eigenvalue weighted by atomic mass is 9.52. The van der Waals surface area contributed by atoms with E-state index in [9.17, 15) is 14.4 Å². The van der Waals surface area contributed by atoms with E-state index in [2.05, 4.69) is 4.98 Å². The molecule has 0 bridgehead atoms. The molecule has 8 nitrogen and oxygen atoms in total. The summed E-state index contributed by atoms with van der Waals surface area (Å²) < 4.78 is 5.88. The number of nitrogens with zero attached hydrogens (tertiary/aromatic N) is 3. The Morgan fingerprint density at radius 2 is 1.94 bits per heavy atom. The predicted octanol–water partition coefficient (Wildman–Crippen LogP) is 2.99. The maximum absolute atomic E-state index is 12.9. The fourth-order valence-corrected chi connectivity index (χ4v) is 5.18. The Bertz CT molecular complexity index is 1080. The van der Waals surface area contributed by atoms with Gasteiger partial charge in [0.15, 0.2) is 0 Å². The highest BCUT2D eigenvalue weighted by Crippen LogP contribution is 2.58. The topological polar surface area (TPSA) is 106 Å². The van der Waals surface area contributed by atoms with Crippen molar-refractivity contribution in [1.29, 1.82) is 0 Å². The second-order valence-electron chi connectivity index (χ2n) is 8.54. The van der Waals surface area contributed by atoms with Crippen molar-refractivity contribution >= 4 is 35.1 Å². The number of benzene rings is 1. The largest absolute Gasteiger partial charge is 0.474 e. The highest BCUT2D eigenvalue weighted by atomic mass is 35.5. The van der Waals surface area contributed by atoms with Crippen molar-refractivity contribution in [2.75, 3.05) is 11.4 Å². The summed E-state index contributed by atoms with van der Waals surface area (Å²) in [6.45, 7) is 0.0317. The first-order chi connectivity index (χ1) is 14.8. The Balaban J connectivity index is 1.19. The molecule has 5 rings (SSSR count). The summed E-state index contributed by atoms with van der Waals surface area (Å²) in [6, 6.07) is 9.79. The molecule has 3 fully saturated rings. The zero-order chi connectivity index (χ0) is 21.8. The molecule has 1 aliphatic heterocycles. The van der Waals surface area contributed by atoms with Gasteiger partial charge in [0.05, 0.1) is 0 Å². The highest BCUT2D eigenvalue weighted by Gasteiger charge is 2.58. The molecule has 3 aliphatic rings. The zero-order valence-corrected chi connectivity index (χ0v) is 17.4. The molecule has 0 radical (unpaired) electrons. The number of hydrogen-bond donors (Lipinski definition) is 1. The van der Waals surface area contributed by atoms with Crippen LogP contribution in [0, 0.1) is 5.41 Å². The van der Waals surface area contributed by atoms with Crippen molar-refractivity contribution in [3.63, 3.8) is 0 Å². The first kappa shape index (κ1) is 19.8. The summed E-state index contributed by atoms with van der Waals surface area (Å²) in [6.07, 6.45) is 4.63. The number of urea groups is 1. The van der Waals surface area contributed by atoms with Crippen LogP contribution in [0.4, 0.5) is 10.5 Å². The molecule has 1 saturated heterocycles. The number of nitrogens with two attached hydrogens (primary N) is 1. The quantitative estimate of drug-likeness (QED) is 0.719. The molecule has 9 heteroatoms. The fraction of sp³-hybridized carbons (Fsp3) is 0.364. The van der Waals surface area contributed by atoms with E-state index < -0.39 is 5.91 Å². The minimum atomic E-state index is -0.573. The molecule has 4 amide bonds. The van der Waals surface area contributed by atoms with Gasteiger partial charge in [0, 0.05) is 22.9 Å². The smallest absolute Gasteiger partial charge is 0.331 e. The second-order valence-corrected chi connectivity index (χ2v) is 8.98. The van der Waals surface area contributed by atoms with E-state index in [1.54, 1.807) is 42.6 Å². The number of hydrogen-bond acceptors (Lipinski definition) is 5. The molecular weight excluding hydrogens is 420 g/mol. The van der Waals surface area contributed by atoms with Crippen molar-refractivity contribution in [2.24, 2.45) is 11.1 Å². The molecule has 0 unspecified atom stereocenters. The SMILES string of the molecule is NC(=O)c1cccnc1OC1CC2(C1)CC(N1C(=O)CN(c3cccc(Cl)c3)C1=O)C2. The number of amides is 4. The molecule has 2 heterocycles. The Kier molecular flexibility index (Phi) is 4.62. The van der Waals surface area contributed by atoms with Gasteiger partial charge in [-0.3, -0.25) is 19.4 Å². The van der Waals surface area contributed by atoms with E-state index in [1.807, 2.05) is 0 Å². The molecule has 160 valence electrons. The van der Waals surface area contributed by atoms with Gasteiger partial charge in [0.1, 0.15) is 18.2 Å². The van der Waals surface area contributed by atoms with Gasteiger partial charge >= 0.3 is 6.03 Å².